The van der Waals surface area contributed by atoms with E-state index in [0.29, 0.717) is 30.1 Å². The number of carbonyl (C=O) groups is 1. The highest BCUT2D eigenvalue weighted by molar-refractivity contribution is 7.89. The molecule has 1 amide bonds. The highest BCUT2D eigenvalue weighted by Gasteiger charge is 2.36. The van der Waals surface area contributed by atoms with E-state index in [1.807, 2.05) is 7.05 Å². The second-order valence-electron chi connectivity index (χ2n) is 8.00. The van der Waals surface area contributed by atoms with Gasteiger partial charge in [-0.25, -0.2) is 13.1 Å². The molecule has 7 heteroatoms. The van der Waals surface area contributed by atoms with E-state index in [1.165, 1.54) is 18.9 Å². The summed E-state index contributed by atoms with van der Waals surface area (Å²) < 4.78 is 27.6. The maximum Gasteiger partial charge on any atom is 0.253 e. The predicted molar refractivity (Wildman–Crippen MR) is 99.4 cm³/mol. The van der Waals surface area contributed by atoms with Gasteiger partial charge in [0.25, 0.3) is 5.91 Å². The molecule has 26 heavy (non-hydrogen) atoms. The molecule has 1 aromatic rings. The smallest absolute Gasteiger partial charge is 0.253 e. The fourth-order valence-electron chi connectivity index (χ4n) is 4.14. The van der Waals surface area contributed by atoms with Gasteiger partial charge in [0.15, 0.2) is 0 Å². The van der Waals surface area contributed by atoms with Gasteiger partial charge in [0.05, 0.1) is 4.90 Å². The van der Waals surface area contributed by atoms with Crippen molar-refractivity contribution < 1.29 is 13.2 Å². The van der Waals surface area contributed by atoms with Crippen LogP contribution in [0.15, 0.2) is 29.2 Å². The molecule has 6 nitrogen and oxygen atoms in total. The largest absolute Gasteiger partial charge is 0.339 e. The third-order valence-electron chi connectivity index (χ3n) is 5.97. The van der Waals surface area contributed by atoms with Gasteiger partial charge in [-0.3, -0.25) is 4.79 Å². The Morgan fingerprint density at radius 3 is 2.54 bits per heavy atom. The SMILES string of the molecule is CN(C(=O)c1cccc(S(=O)(=O)NCC2CC2)c1)C1CC2CCC(C1)N2. The maximum absolute atomic E-state index is 12.9. The number of nitrogens with zero attached hydrogens (tertiary/aromatic N) is 1. The number of carbonyl (C=O) groups excluding carboxylic acids is 1. The first-order chi connectivity index (χ1) is 12.4. The molecule has 2 unspecified atom stereocenters. The molecule has 2 atom stereocenters. The molecule has 0 radical (unpaired) electrons. The number of fused-ring (bicyclic) bond motifs is 2. The summed E-state index contributed by atoms with van der Waals surface area (Å²) >= 11 is 0. The average molecular weight is 378 g/mol. The van der Waals surface area contributed by atoms with Crippen molar-refractivity contribution in [2.24, 2.45) is 5.92 Å². The Balaban J connectivity index is 1.47. The Morgan fingerprint density at radius 1 is 1.19 bits per heavy atom. The molecule has 2 heterocycles. The Labute approximate surface area is 155 Å². The molecule has 0 spiro atoms. The summed E-state index contributed by atoms with van der Waals surface area (Å²) in [7, 11) is -1.72. The number of hydrogen-bond donors (Lipinski definition) is 2. The third kappa shape index (κ3) is 3.80. The first-order valence-electron chi connectivity index (χ1n) is 9.55. The molecule has 2 aliphatic heterocycles. The van der Waals surface area contributed by atoms with Crippen molar-refractivity contribution in [1.82, 2.24) is 14.9 Å². The van der Waals surface area contributed by atoms with Crippen LogP contribution in [0.3, 0.4) is 0 Å². The standard InChI is InChI=1S/C19H27N3O3S/c1-22(17-10-15-7-8-16(11-17)21-15)19(23)14-3-2-4-18(9-14)26(24,25)20-12-13-5-6-13/h2-4,9,13,15-17,20-21H,5-8,10-12H2,1H3. The average Bonchev–Trinajstić information content (AvgIpc) is 3.42. The van der Waals surface area contributed by atoms with Crippen molar-refractivity contribution >= 4 is 15.9 Å². The lowest BCUT2D eigenvalue weighted by atomic mass is 9.98. The van der Waals surface area contributed by atoms with Crippen molar-refractivity contribution in [1.29, 1.82) is 0 Å². The monoisotopic (exact) mass is 377 g/mol. The third-order valence-corrected chi connectivity index (χ3v) is 7.39. The number of sulfonamides is 1. The van der Waals surface area contributed by atoms with Gasteiger partial charge in [0, 0.05) is 37.3 Å². The zero-order valence-corrected chi connectivity index (χ0v) is 16.0. The molecule has 0 aromatic heterocycles. The highest BCUT2D eigenvalue weighted by atomic mass is 32.2. The van der Waals surface area contributed by atoms with Crippen molar-refractivity contribution in [2.45, 2.75) is 61.5 Å². The van der Waals surface area contributed by atoms with Crippen LogP contribution in [0.2, 0.25) is 0 Å². The second-order valence-corrected chi connectivity index (χ2v) is 9.77. The first kappa shape index (κ1) is 17.9. The van der Waals surface area contributed by atoms with Crippen LogP contribution < -0.4 is 10.0 Å². The minimum atomic E-state index is -3.56. The normalized spacial score (nSPS) is 28.1. The molecule has 4 rings (SSSR count). The van der Waals surface area contributed by atoms with Gasteiger partial charge in [-0.05, 0) is 62.6 Å². The van der Waals surface area contributed by atoms with Crippen molar-refractivity contribution in [3.05, 3.63) is 29.8 Å². The van der Waals surface area contributed by atoms with E-state index in [-0.39, 0.29) is 16.8 Å². The van der Waals surface area contributed by atoms with Crippen LogP contribution in [0.5, 0.6) is 0 Å². The van der Waals surface area contributed by atoms with Crippen molar-refractivity contribution in [3.63, 3.8) is 0 Å². The van der Waals surface area contributed by atoms with E-state index in [2.05, 4.69) is 10.0 Å². The van der Waals surface area contributed by atoms with E-state index in [1.54, 1.807) is 23.1 Å². The van der Waals surface area contributed by atoms with E-state index < -0.39 is 10.0 Å². The topological polar surface area (TPSA) is 78.5 Å². The van der Waals surface area contributed by atoms with E-state index in [4.69, 9.17) is 0 Å². The Kier molecular flexibility index (Phi) is 4.79. The zero-order chi connectivity index (χ0) is 18.3. The number of amides is 1. The van der Waals surface area contributed by atoms with Gasteiger partial charge in [0.1, 0.15) is 0 Å². The van der Waals surface area contributed by atoms with Gasteiger partial charge >= 0.3 is 0 Å². The summed E-state index contributed by atoms with van der Waals surface area (Å²) in [4.78, 5) is 14.9. The molecule has 3 aliphatic rings. The summed E-state index contributed by atoms with van der Waals surface area (Å²) in [5.41, 5.74) is 0.438. The molecule has 2 bridgehead atoms. The van der Waals surface area contributed by atoms with Crippen LogP contribution in [-0.2, 0) is 10.0 Å². The molecule has 142 valence electrons. The van der Waals surface area contributed by atoms with Gasteiger partial charge in [-0.2, -0.15) is 0 Å². The van der Waals surface area contributed by atoms with Crippen LogP contribution in [0.1, 0.15) is 48.9 Å². The lowest BCUT2D eigenvalue weighted by molar-refractivity contribution is 0.0681. The number of benzene rings is 1. The molecule has 1 saturated carbocycles. The molecular weight excluding hydrogens is 350 g/mol. The minimum Gasteiger partial charge on any atom is -0.339 e. The van der Waals surface area contributed by atoms with E-state index in [0.717, 1.165) is 25.7 Å². The van der Waals surface area contributed by atoms with Crippen LogP contribution >= 0.6 is 0 Å². The van der Waals surface area contributed by atoms with Crippen molar-refractivity contribution in [3.8, 4) is 0 Å². The summed E-state index contributed by atoms with van der Waals surface area (Å²) in [5.74, 6) is 0.367. The summed E-state index contributed by atoms with van der Waals surface area (Å²) in [6.45, 7) is 0.484. The van der Waals surface area contributed by atoms with Gasteiger partial charge < -0.3 is 10.2 Å². The lowest BCUT2D eigenvalue weighted by Gasteiger charge is -2.35. The van der Waals surface area contributed by atoms with Gasteiger partial charge in [-0.1, -0.05) is 6.07 Å². The van der Waals surface area contributed by atoms with Gasteiger partial charge in [-0.15, -0.1) is 0 Å². The molecule has 2 saturated heterocycles. The van der Waals surface area contributed by atoms with Crippen LogP contribution in [-0.4, -0.2) is 50.9 Å². The molecule has 2 N–H and O–H groups in total. The van der Waals surface area contributed by atoms with Crippen LogP contribution in [0, 0.1) is 5.92 Å². The quantitative estimate of drug-likeness (QED) is 0.791. The van der Waals surface area contributed by atoms with Crippen molar-refractivity contribution in [2.75, 3.05) is 13.6 Å². The number of hydrogen-bond acceptors (Lipinski definition) is 4. The second kappa shape index (κ2) is 6.94. The molecule has 3 fully saturated rings. The summed E-state index contributed by atoms with van der Waals surface area (Å²) in [6, 6.07) is 7.64. The number of nitrogens with one attached hydrogen (secondary N) is 2. The molecule has 1 aromatic carbocycles. The molecule has 1 aliphatic carbocycles. The zero-order valence-electron chi connectivity index (χ0n) is 15.1. The highest BCUT2D eigenvalue weighted by Crippen LogP contribution is 2.30. The summed E-state index contributed by atoms with van der Waals surface area (Å²) in [5, 5.41) is 3.59. The maximum atomic E-state index is 12.9. The van der Waals surface area contributed by atoms with Crippen LogP contribution in [0.25, 0.3) is 0 Å². The van der Waals surface area contributed by atoms with Gasteiger partial charge in [0.2, 0.25) is 10.0 Å². The molecular formula is C19H27N3O3S. The minimum absolute atomic E-state index is 0.101. The Hall–Kier alpha value is -1.44. The fraction of sp³-hybridized carbons (Fsp3) is 0.632. The fourth-order valence-corrected chi connectivity index (χ4v) is 5.30. The first-order valence-corrected chi connectivity index (χ1v) is 11.0. The summed E-state index contributed by atoms with van der Waals surface area (Å²) in [6.07, 6.45) is 6.49. The predicted octanol–water partition coefficient (Wildman–Crippen LogP) is 1.73. The Bertz CT molecular complexity index is 779. The van der Waals surface area contributed by atoms with E-state index in [9.17, 15) is 13.2 Å². The Morgan fingerprint density at radius 2 is 1.88 bits per heavy atom. The van der Waals surface area contributed by atoms with E-state index >= 15 is 0 Å². The lowest BCUT2D eigenvalue weighted by Crippen LogP contribution is -2.48. The van der Waals surface area contributed by atoms with Crippen LogP contribution in [0.4, 0.5) is 0 Å². The number of piperidine rings is 1. The number of rotatable bonds is 6.